The molecule has 3 heteroatoms. The second-order valence-corrected chi connectivity index (χ2v) is 5.75. The lowest BCUT2D eigenvalue weighted by molar-refractivity contribution is 0.512. The van der Waals surface area contributed by atoms with Crippen molar-refractivity contribution in [3.63, 3.8) is 0 Å². The summed E-state index contributed by atoms with van der Waals surface area (Å²) in [6.07, 6.45) is 10.9. The van der Waals surface area contributed by atoms with Gasteiger partial charge >= 0.3 is 0 Å². The van der Waals surface area contributed by atoms with Crippen molar-refractivity contribution >= 4 is 11.6 Å². The molecule has 0 atom stereocenters. The number of unbranched alkanes of at least 4 members (excludes halogenated alkanes) is 7. The van der Waals surface area contributed by atoms with Crippen molar-refractivity contribution in [2.75, 3.05) is 0 Å². The van der Waals surface area contributed by atoms with Gasteiger partial charge in [-0.1, -0.05) is 51.9 Å². The van der Waals surface area contributed by atoms with Crippen molar-refractivity contribution in [2.24, 2.45) is 0 Å². The molecule has 0 saturated carbocycles. The van der Waals surface area contributed by atoms with E-state index in [1.54, 1.807) is 0 Å². The number of hydrogen-bond acceptors (Lipinski definition) is 1. The van der Waals surface area contributed by atoms with E-state index in [2.05, 4.69) is 30.6 Å². The molecule has 0 aromatic carbocycles. The lowest BCUT2D eigenvalue weighted by Gasteiger charge is -2.05. The van der Waals surface area contributed by atoms with Gasteiger partial charge < -0.3 is 0 Å². The summed E-state index contributed by atoms with van der Waals surface area (Å²) in [5.74, 6) is 0.578. The van der Waals surface area contributed by atoms with Crippen molar-refractivity contribution in [1.82, 2.24) is 9.78 Å². The first-order chi connectivity index (χ1) is 9.20. The van der Waals surface area contributed by atoms with Crippen LogP contribution in [0.15, 0.2) is 0 Å². The third-order valence-electron chi connectivity index (χ3n) is 3.89. The van der Waals surface area contributed by atoms with Crippen LogP contribution in [0.2, 0.25) is 0 Å². The van der Waals surface area contributed by atoms with E-state index >= 15 is 0 Å². The lowest BCUT2D eigenvalue weighted by Crippen LogP contribution is -2.03. The summed E-state index contributed by atoms with van der Waals surface area (Å²) in [6, 6.07) is 0. The highest BCUT2D eigenvalue weighted by atomic mass is 35.5. The first-order valence-corrected chi connectivity index (χ1v) is 8.33. The molecule has 0 fully saturated rings. The Hall–Kier alpha value is -0.500. The summed E-state index contributed by atoms with van der Waals surface area (Å²) < 4.78 is 2.13. The monoisotopic (exact) mass is 284 g/mol. The van der Waals surface area contributed by atoms with Crippen molar-refractivity contribution in [1.29, 1.82) is 0 Å². The first kappa shape index (κ1) is 16.6. The minimum Gasteiger partial charge on any atom is -0.269 e. The van der Waals surface area contributed by atoms with Gasteiger partial charge in [0.1, 0.15) is 0 Å². The summed E-state index contributed by atoms with van der Waals surface area (Å²) in [5.41, 5.74) is 3.55. The van der Waals surface area contributed by atoms with Gasteiger partial charge in [-0.2, -0.15) is 5.10 Å². The Bertz CT molecular complexity index is 358. The van der Waals surface area contributed by atoms with Gasteiger partial charge in [0.05, 0.1) is 11.6 Å². The topological polar surface area (TPSA) is 17.8 Å². The largest absolute Gasteiger partial charge is 0.269 e. The third kappa shape index (κ3) is 5.56. The van der Waals surface area contributed by atoms with E-state index in [-0.39, 0.29) is 0 Å². The number of rotatable bonds is 10. The SMILES string of the molecule is CCCCCCCCCCn1nc(C)c(CCl)c1C. The van der Waals surface area contributed by atoms with Gasteiger partial charge in [-0.05, 0) is 20.3 Å². The van der Waals surface area contributed by atoms with E-state index < -0.39 is 0 Å². The van der Waals surface area contributed by atoms with Gasteiger partial charge in [-0.25, -0.2) is 0 Å². The quantitative estimate of drug-likeness (QED) is 0.417. The molecule has 0 aliphatic carbocycles. The Morgan fingerprint density at radius 2 is 1.53 bits per heavy atom. The van der Waals surface area contributed by atoms with E-state index in [1.807, 2.05) is 0 Å². The molecule has 0 bridgehead atoms. The molecule has 0 saturated heterocycles. The fourth-order valence-corrected chi connectivity index (χ4v) is 2.93. The molecule has 19 heavy (non-hydrogen) atoms. The van der Waals surface area contributed by atoms with Crippen LogP contribution in [-0.4, -0.2) is 9.78 Å². The molecule has 0 N–H and O–H groups in total. The zero-order valence-corrected chi connectivity index (χ0v) is 13.6. The van der Waals surface area contributed by atoms with Gasteiger partial charge in [0.25, 0.3) is 0 Å². The van der Waals surface area contributed by atoms with E-state index in [1.165, 1.54) is 62.6 Å². The van der Waals surface area contributed by atoms with Crippen LogP contribution in [0.3, 0.4) is 0 Å². The Balaban J connectivity index is 2.16. The van der Waals surface area contributed by atoms with Crippen LogP contribution in [0, 0.1) is 13.8 Å². The molecule has 1 heterocycles. The summed E-state index contributed by atoms with van der Waals surface area (Å²) >= 11 is 5.94. The molecule has 1 rings (SSSR count). The van der Waals surface area contributed by atoms with Crippen LogP contribution in [0.4, 0.5) is 0 Å². The normalized spacial score (nSPS) is 11.2. The molecule has 110 valence electrons. The molecule has 1 aromatic rings. The van der Waals surface area contributed by atoms with Gasteiger partial charge in [0.2, 0.25) is 0 Å². The zero-order chi connectivity index (χ0) is 14.1. The predicted octanol–water partition coefficient (Wildman–Crippen LogP) is 5.38. The molecular formula is C16H29ClN2. The maximum absolute atomic E-state index is 5.94. The average Bonchev–Trinajstić information content (AvgIpc) is 2.67. The molecule has 0 spiro atoms. The summed E-state index contributed by atoms with van der Waals surface area (Å²) in [7, 11) is 0. The third-order valence-corrected chi connectivity index (χ3v) is 4.16. The Kier molecular flexibility index (Phi) is 8.20. The maximum atomic E-state index is 5.94. The predicted molar refractivity (Wildman–Crippen MR) is 83.9 cm³/mol. The fraction of sp³-hybridized carbons (Fsp3) is 0.812. The molecule has 0 radical (unpaired) electrons. The second kappa shape index (κ2) is 9.41. The van der Waals surface area contributed by atoms with Gasteiger partial charge in [-0.15, -0.1) is 11.6 Å². The smallest absolute Gasteiger partial charge is 0.0640 e. The zero-order valence-electron chi connectivity index (χ0n) is 12.8. The Morgan fingerprint density at radius 3 is 2.05 bits per heavy atom. The summed E-state index contributed by atoms with van der Waals surface area (Å²) in [6.45, 7) is 7.49. The van der Waals surface area contributed by atoms with Crippen molar-refractivity contribution in [3.8, 4) is 0 Å². The molecular weight excluding hydrogens is 256 g/mol. The lowest BCUT2D eigenvalue weighted by atomic mass is 10.1. The Labute approximate surface area is 123 Å². The van der Waals surface area contributed by atoms with Crippen molar-refractivity contribution in [2.45, 2.75) is 84.6 Å². The molecule has 0 aliphatic heterocycles. The number of alkyl halides is 1. The van der Waals surface area contributed by atoms with Crippen LogP contribution < -0.4 is 0 Å². The van der Waals surface area contributed by atoms with E-state index in [0.29, 0.717) is 5.88 Å². The molecule has 0 aliphatic rings. The van der Waals surface area contributed by atoms with Gasteiger partial charge in [-0.3, -0.25) is 4.68 Å². The van der Waals surface area contributed by atoms with Crippen molar-refractivity contribution < 1.29 is 0 Å². The number of aryl methyl sites for hydroxylation is 2. The number of aromatic nitrogens is 2. The van der Waals surface area contributed by atoms with E-state index in [4.69, 9.17) is 11.6 Å². The van der Waals surface area contributed by atoms with Crippen molar-refractivity contribution in [3.05, 3.63) is 17.0 Å². The number of nitrogens with zero attached hydrogens (tertiary/aromatic N) is 2. The second-order valence-electron chi connectivity index (χ2n) is 5.48. The van der Waals surface area contributed by atoms with Gasteiger partial charge in [0, 0.05) is 17.8 Å². The average molecular weight is 285 g/mol. The summed E-state index contributed by atoms with van der Waals surface area (Å²) in [4.78, 5) is 0. The molecule has 1 aromatic heterocycles. The Morgan fingerprint density at radius 1 is 0.947 bits per heavy atom. The summed E-state index contributed by atoms with van der Waals surface area (Å²) in [5, 5.41) is 4.57. The fourth-order valence-electron chi connectivity index (χ4n) is 2.54. The minimum absolute atomic E-state index is 0.578. The molecule has 0 amide bonds. The maximum Gasteiger partial charge on any atom is 0.0640 e. The minimum atomic E-state index is 0.578. The van der Waals surface area contributed by atoms with E-state index in [0.717, 1.165) is 12.2 Å². The standard InChI is InChI=1S/C16H29ClN2/c1-4-5-6-7-8-9-10-11-12-19-15(3)16(13-17)14(2)18-19/h4-13H2,1-3H3. The van der Waals surface area contributed by atoms with E-state index in [9.17, 15) is 0 Å². The van der Waals surface area contributed by atoms with Gasteiger partial charge in [0.15, 0.2) is 0 Å². The highest BCUT2D eigenvalue weighted by molar-refractivity contribution is 6.17. The highest BCUT2D eigenvalue weighted by Crippen LogP contribution is 2.16. The van der Waals surface area contributed by atoms with Crippen LogP contribution in [0.5, 0.6) is 0 Å². The molecule has 0 unspecified atom stereocenters. The first-order valence-electron chi connectivity index (χ1n) is 7.79. The highest BCUT2D eigenvalue weighted by Gasteiger charge is 2.09. The number of hydrogen-bond donors (Lipinski definition) is 0. The molecule has 2 nitrogen and oxygen atoms in total. The van der Waals surface area contributed by atoms with Crippen LogP contribution in [-0.2, 0) is 12.4 Å². The number of halogens is 1. The van der Waals surface area contributed by atoms with Crippen LogP contribution >= 0.6 is 11.6 Å². The van der Waals surface area contributed by atoms with Crippen LogP contribution in [0.1, 0.15) is 75.2 Å². The van der Waals surface area contributed by atoms with Crippen LogP contribution in [0.25, 0.3) is 0 Å².